The predicted molar refractivity (Wildman–Crippen MR) is 121 cm³/mol. The van der Waals surface area contributed by atoms with Crippen molar-refractivity contribution in [1.82, 2.24) is 0 Å². The van der Waals surface area contributed by atoms with E-state index in [2.05, 4.69) is 0 Å². The van der Waals surface area contributed by atoms with Crippen LogP contribution < -0.4 is 0 Å². The molecule has 0 aromatic heterocycles. The van der Waals surface area contributed by atoms with Crippen molar-refractivity contribution in [2.45, 2.75) is 59.8 Å². The maximum atomic E-state index is 13.3. The Morgan fingerprint density at radius 1 is 0.871 bits per heavy atom. The first-order valence-corrected chi connectivity index (χ1v) is 10.8. The van der Waals surface area contributed by atoms with E-state index in [1.54, 1.807) is 13.8 Å². The van der Waals surface area contributed by atoms with E-state index in [0.29, 0.717) is 5.56 Å². The molecule has 2 rings (SSSR count). The number of phenols is 1. The standard InChI is InChI=1S/C26H34O5/c1-7-30-23(28)26(24(29)31-8-2,16-19-12-10-9-11-13-19)17-20-14-18(3)22(27)21(15-20)25(4,5)6/h9-15,27H,7-8,16-17H2,1-6H3. The van der Waals surface area contributed by atoms with E-state index in [4.69, 9.17) is 9.47 Å². The Kier molecular flexibility index (Phi) is 7.88. The van der Waals surface area contributed by atoms with Crippen molar-refractivity contribution in [2.24, 2.45) is 5.41 Å². The van der Waals surface area contributed by atoms with Gasteiger partial charge in [-0.05, 0) is 61.3 Å². The van der Waals surface area contributed by atoms with Crippen LogP contribution in [0.4, 0.5) is 0 Å². The van der Waals surface area contributed by atoms with Gasteiger partial charge in [-0.3, -0.25) is 9.59 Å². The number of phenolic OH excluding ortho intramolecular Hbond substituents is 1. The normalized spacial score (nSPS) is 11.8. The first kappa shape index (κ1) is 24.4. The molecule has 0 unspecified atom stereocenters. The van der Waals surface area contributed by atoms with E-state index in [0.717, 1.165) is 16.7 Å². The summed E-state index contributed by atoms with van der Waals surface area (Å²) in [5.41, 5.74) is 1.26. The summed E-state index contributed by atoms with van der Waals surface area (Å²) in [6, 6.07) is 13.1. The van der Waals surface area contributed by atoms with Gasteiger partial charge in [0.05, 0.1) is 13.2 Å². The third-order valence-corrected chi connectivity index (χ3v) is 5.36. The Labute approximate surface area is 185 Å². The minimum atomic E-state index is -1.52. The number of hydrogen-bond donors (Lipinski definition) is 1. The number of aromatic hydroxyl groups is 1. The number of rotatable bonds is 8. The fourth-order valence-corrected chi connectivity index (χ4v) is 3.79. The van der Waals surface area contributed by atoms with Crippen LogP contribution in [0.3, 0.4) is 0 Å². The molecule has 168 valence electrons. The fourth-order valence-electron chi connectivity index (χ4n) is 3.79. The molecule has 0 aliphatic heterocycles. The summed E-state index contributed by atoms with van der Waals surface area (Å²) in [4.78, 5) is 26.5. The molecule has 0 saturated heterocycles. The smallest absolute Gasteiger partial charge is 0.324 e. The molecule has 0 saturated carbocycles. The second kappa shape index (κ2) is 9.99. The largest absolute Gasteiger partial charge is 0.507 e. The van der Waals surface area contributed by atoms with Crippen molar-refractivity contribution in [3.8, 4) is 5.75 Å². The van der Waals surface area contributed by atoms with Gasteiger partial charge in [-0.15, -0.1) is 0 Å². The third-order valence-electron chi connectivity index (χ3n) is 5.36. The van der Waals surface area contributed by atoms with Crippen LogP contribution >= 0.6 is 0 Å². The number of hydrogen-bond acceptors (Lipinski definition) is 5. The van der Waals surface area contributed by atoms with Gasteiger partial charge in [0.2, 0.25) is 0 Å². The summed E-state index contributed by atoms with van der Waals surface area (Å²) in [7, 11) is 0. The molecule has 0 fully saturated rings. The third kappa shape index (κ3) is 5.66. The number of carbonyl (C=O) groups excluding carboxylic acids is 2. The molecule has 0 bridgehead atoms. The highest BCUT2D eigenvalue weighted by Crippen LogP contribution is 2.38. The minimum Gasteiger partial charge on any atom is -0.507 e. The van der Waals surface area contributed by atoms with Crippen LogP contribution in [0.2, 0.25) is 0 Å². The molecule has 2 aromatic rings. The number of ether oxygens (including phenoxy) is 2. The summed E-state index contributed by atoms with van der Waals surface area (Å²) >= 11 is 0. The number of benzene rings is 2. The Morgan fingerprint density at radius 3 is 1.87 bits per heavy atom. The first-order chi connectivity index (χ1) is 14.5. The van der Waals surface area contributed by atoms with Gasteiger partial charge in [0.15, 0.2) is 5.41 Å². The SMILES string of the molecule is CCOC(=O)C(Cc1ccccc1)(Cc1cc(C)c(O)c(C(C)(C)C)c1)C(=O)OCC. The molecule has 0 amide bonds. The van der Waals surface area contributed by atoms with Gasteiger partial charge < -0.3 is 14.6 Å². The number of esters is 2. The Balaban J connectivity index is 2.65. The van der Waals surface area contributed by atoms with Crippen molar-refractivity contribution in [2.75, 3.05) is 13.2 Å². The average Bonchev–Trinajstić information content (AvgIpc) is 2.70. The highest BCUT2D eigenvalue weighted by atomic mass is 16.6. The van der Waals surface area contributed by atoms with Crippen LogP contribution in [0.1, 0.15) is 56.9 Å². The molecule has 0 radical (unpaired) electrons. The molecule has 5 heteroatoms. The van der Waals surface area contributed by atoms with Crippen molar-refractivity contribution in [1.29, 1.82) is 0 Å². The van der Waals surface area contributed by atoms with Crippen LogP contribution in [0.5, 0.6) is 5.75 Å². The number of carbonyl (C=O) groups is 2. The molecule has 0 atom stereocenters. The molecule has 0 heterocycles. The zero-order valence-electron chi connectivity index (χ0n) is 19.5. The summed E-state index contributed by atoms with van der Waals surface area (Å²) < 4.78 is 10.8. The lowest BCUT2D eigenvalue weighted by atomic mass is 9.75. The highest BCUT2D eigenvalue weighted by Gasteiger charge is 2.49. The Bertz CT molecular complexity index is 891. The molecule has 1 N–H and O–H groups in total. The van der Waals surface area contributed by atoms with Crippen molar-refractivity contribution < 1.29 is 24.2 Å². The van der Waals surface area contributed by atoms with E-state index in [1.807, 2.05) is 70.2 Å². The second-order valence-corrected chi connectivity index (χ2v) is 8.92. The zero-order chi connectivity index (χ0) is 23.2. The lowest BCUT2D eigenvalue weighted by molar-refractivity contribution is -0.172. The van der Waals surface area contributed by atoms with Gasteiger partial charge in [0.25, 0.3) is 0 Å². The molecule has 0 aliphatic rings. The summed E-state index contributed by atoms with van der Waals surface area (Å²) in [6.45, 7) is 11.6. The van der Waals surface area contributed by atoms with Crippen molar-refractivity contribution in [3.63, 3.8) is 0 Å². The minimum absolute atomic E-state index is 0.115. The maximum absolute atomic E-state index is 13.3. The van der Waals surface area contributed by atoms with E-state index in [-0.39, 0.29) is 37.2 Å². The predicted octanol–water partition coefficient (Wildman–Crippen LogP) is 4.90. The Morgan fingerprint density at radius 2 is 1.39 bits per heavy atom. The van der Waals surface area contributed by atoms with E-state index in [1.165, 1.54) is 0 Å². The van der Waals surface area contributed by atoms with Crippen LogP contribution in [-0.2, 0) is 37.3 Å². The van der Waals surface area contributed by atoms with E-state index >= 15 is 0 Å². The lowest BCUT2D eigenvalue weighted by Gasteiger charge is -2.30. The molecule has 0 aliphatic carbocycles. The molecular weight excluding hydrogens is 392 g/mol. The van der Waals surface area contributed by atoms with Crippen LogP contribution in [0.25, 0.3) is 0 Å². The number of aryl methyl sites for hydroxylation is 1. The van der Waals surface area contributed by atoms with Gasteiger partial charge in [0.1, 0.15) is 5.75 Å². The highest BCUT2D eigenvalue weighted by molar-refractivity contribution is 6.00. The maximum Gasteiger partial charge on any atom is 0.324 e. The summed E-state index contributed by atoms with van der Waals surface area (Å²) in [6.07, 6.45) is 0.278. The zero-order valence-corrected chi connectivity index (χ0v) is 19.5. The first-order valence-electron chi connectivity index (χ1n) is 10.8. The Hall–Kier alpha value is -2.82. The van der Waals surface area contributed by atoms with Crippen molar-refractivity contribution in [3.05, 3.63) is 64.7 Å². The monoisotopic (exact) mass is 426 g/mol. The summed E-state index contributed by atoms with van der Waals surface area (Å²) in [5, 5.41) is 10.6. The van der Waals surface area contributed by atoms with Gasteiger partial charge in [0, 0.05) is 0 Å². The second-order valence-electron chi connectivity index (χ2n) is 8.92. The average molecular weight is 427 g/mol. The van der Waals surface area contributed by atoms with Crippen LogP contribution in [0, 0.1) is 12.3 Å². The molecular formula is C26H34O5. The quantitative estimate of drug-likeness (QED) is 0.480. The van der Waals surface area contributed by atoms with E-state index < -0.39 is 17.4 Å². The van der Waals surface area contributed by atoms with E-state index in [9.17, 15) is 14.7 Å². The molecule has 31 heavy (non-hydrogen) atoms. The van der Waals surface area contributed by atoms with Crippen molar-refractivity contribution >= 4 is 11.9 Å². The topological polar surface area (TPSA) is 72.8 Å². The van der Waals surface area contributed by atoms with Gasteiger partial charge in [-0.2, -0.15) is 0 Å². The van der Waals surface area contributed by atoms with Crippen LogP contribution in [0.15, 0.2) is 42.5 Å². The summed E-state index contributed by atoms with van der Waals surface area (Å²) in [5.74, 6) is -0.960. The molecule has 0 spiro atoms. The van der Waals surface area contributed by atoms with Crippen LogP contribution in [-0.4, -0.2) is 30.3 Å². The fraction of sp³-hybridized carbons (Fsp3) is 0.462. The lowest BCUT2D eigenvalue weighted by Crippen LogP contribution is -2.46. The molecule has 5 nitrogen and oxygen atoms in total. The van der Waals surface area contributed by atoms with Gasteiger partial charge in [-0.1, -0.05) is 63.2 Å². The van der Waals surface area contributed by atoms with Gasteiger partial charge in [-0.25, -0.2) is 0 Å². The van der Waals surface area contributed by atoms with Gasteiger partial charge >= 0.3 is 11.9 Å². The molecule has 2 aromatic carbocycles.